The average Bonchev–Trinajstić information content (AvgIpc) is 0.830. The van der Waals surface area contributed by atoms with Crippen LogP contribution < -0.4 is 0 Å². The Morgan fingerprint density at radius 2 is 0.320 bits per heavy atom. The van der Waals surface area contributed by atoms with Gasteiger partial charge in [0, 0.05) is 286 Å². The second-order valence-corrected chi connectivity index (χ2v) is 85.0. The van der Waals surface area contributed by atoms with Crippen LogP contribution in [0.25, 0.3) is 0 Å². The van der Waals surface area contributed by atoms with Crippen LogP contribution in [0.1, 0.15) is 116 Å². The summed E-state index contributed by atoms with van der Waals surface area (Å²) in [6, 6.07) is 20.3. The Kier molecular flexibility index (Phi) is 68.0. The van der Waals surface area contributed by atoms with Crippen molar-refractivity contribution in [3.05, 3.63) is 7.05 Å². The van der Waals surface area contributed by atoms with Crippen molar-refractivity contribution in [2.24, 2.45) is 5.92 Å². The van der Waals surface area contributed by atoms with E-state index < -0.39 is 120 Å². The summed E-state index contributed by atoms with van der Waals surface area (Å²) < 4.78 is 182. The Balaban J connectivity index is 0. The fraction of sp³-hybridized carbons (Fsp3) is 0.974. The first kappa shape index (κ1) is 127. The Labute approximate surface area is 769 Å². The molecule has 0 aliphatic heterocycles. The predicted octanol–water partition coefficient (Wildman–Crippen LogP) is 16.4. The Morgan fingerprint density at radius 3 is 0.464 bits per heavy atom. The molecule has 0 rings (SSSR count). The predicted molar refractivity (Wildman–Crippen MR) is 521 cm³/mol. The van der Waals surface area contributed by atoms with Gasteiger partial charge in [0.2, 0.25) is 0 Å². The molecule has 0 aromatic heterocycles. The Bertz CT molecular complexity index is 2210. The zero-order valence-electron chi connectivity index (χ0n) is 84.9. The smallest absolute Gasteiger partial charge is 0.493 e. The molecule has 0 unspecified atom stereocenters. The maximum Gasteiger partial charge on any atom is 0.500 e. The summed E-state index contributed by atoms with van der Waals surface area (Å²) in [4.78, 5) is 18.9. The summed E-state index contributed by atoms with van der Waals surface area (Å²) >= 11 is 0. The normalized spacial score (nSPS) is 13.8. The molecule has 0 fully saturated rings. The molecule has 0 saturated carbocycles. The van der Waals surface area contributed by atoms with Gasteiger partial charge in [-0.2, -0.15) is 0 Å². The fourth-order valence-electron chi connectivity index (χ4n) is 19.1. The monoisotopic (exact) mass is 2290 g/mol. The first-order valence-corrected chi connectivity index (χ1v) is 76.0. The molecule has 0 spiro atoms. The van der Waals surface area contributed by atoms with E-state index in [1.807, 2.05) is 4.90 Å². The quantitative estimate of drug-likeness (QED) is 0.0403. The zero-order valence-corrected chi connectivity index (χ0v) is 105. The average molecular weight is 2290 g/mol. The van der Waals surface area contributed by atoms with Gasteiger partial charge in [0.05, 0.1) is 32.3 Å². The van der Waals surface area contributed by atoms with Crippen molar-refractivity contribution in [1.82, 2.24) is 4.90 Å². The summed E-state index contributed by atoms with van der Waals surface area (Å²) in [5.74, 6) is -0.228. The van der Waals surface area contributed by atoms with E-state index in [9.17, 15) is 0 Å². The fourth-order valence-corrected chi connectivity index (χ4v) is 58.0. The van der Waals surface area contributed by atoms with Crippen LogP contribution in [0.3, 0.4) is 0 Å². The molecule has 0 aromatic rings. The maximum absolute atomic E-state index is 16.9. The summed E-state index contributed by atoms with van der Waals surface area (Å²) in [7, 11) is 17.0. The van der Waals surface area contributed by atoms with Crippen molar-refractivity contribution in [2.75, 3.05) is 213 Å². The van der Waals surface area contributed by atoms with E-state index in [2.05, 4.69) is 13.1 Å². The summed E-state index contributed by atoms with van der Waals surface area (Å²) in [5, 5.41) is 0. The molecule has 0 aliphatic rings. The van der Waals surface area contributed by atoms with Crippen LogP contribution in [-0.4, -0.2) is 350 Å². The van der Waals surface area contributed by atoms with E-state index in [0.29, 0.717) is 73.3 Å². The molecular formula is C78H184NO31RfSi14-. The van der Waals surface area contributed by atoms with Crippen molar-refractivity contribution >= 4 is 126 Å². The number of hydrogen-bond acceptors (Lipinski definition) is 31. The molecule has 47 heteroatoms. The molecule has 32 nitrogen and oxygen atoms in total. The third kappa shape index (κ3) is 42.0. The van der Waals surface area contributed by atoms with Crippen molar-refractivity contribution in [2.45, 2.75) is 280 Å². The summed E-state index contributed by atoms with van der Waals surface area (Å²) in [5.41, 5.74) is 0. The van der Waals surface area contributed by atoms with Gasteiger partial charge in [0.1, 0.15) is 0 Å². The molecule has 0 radical (unpaired) electrons. The number of rotatable bonds is 88. The molecule has 0 aromatic carbocycles. The van der Waals surface area contributed by atoms with E-state index in [1.165, 1.54) is 0 Å². The number of amides is 1. The second-order valence-electron chi connectivity index (χ2n) is 33.8. The van der Waals surface area contributed by atoms with Crippen LogP contribution in [0.2, 0.25) is 158 Å². The van der Waals surface area contributed by atoms with E-state index in [1.54, 1.807) is 213 Å². The molecule has 0 aliphatic carbocycles. The molecule has 0 saturated heterocycles. The van der Waals surface area contributed by atoms with E-state index in [4.69, 9.17) is 140 Å². The molecule has 0 atom stereocenters. The molecule has 746 valence electrons. The summed E-state index contributed by atoms with van der Waals surface area (Å²) in [6.45, 7) is 5.07. The molecular weight excluding hydrogens is 2110 g/mol. The summed E-state index contributed by atoms with van der Waals surface area (Å²) in [6.07, 6.45) is 14.9. The number of nitrogens with zero attached hydrogens (tertiary/aromatic N) is 1. The molecule has 0 bridgehead atoms. The standard InChI is InChI=1S/C78H184NO31Si14.Rf/c1-79(78(80)76(48-34-52-111(32,54-38-66-115(81-2,82-3)83-4)55-39-67-116(84-5,85-6)86-7)49-35-53-112(33,56-40-68-117(87-8,88-9)89-10)57-41-69-118(90-11,91-12)92-13)77(50-36-58-113(60-42-70-119(93-14,94-15)95-16,61-43-71-120(96-17,97-18)98-19)62-44-72-121(99-20,100-21)101-22)51-37-59-114(63-45-73-122(102-23,103-24)104-25,64-46-74-123(105-26,106-27)107-28)65-47-75-124(108-29,109-30)110-31;/h76-77H,1,34-75H2,2-33H3;/q-1;. The van der Waals surface area contributed by atoms with Gasteiger partial charge in [0.25, 0.3) is 0 Å². The molecule has 125 heavy (non-hydrogen) atoms. The first-order valence-electron chi connectivity index (χ1n) is 44.8. The SMILES string of the molecule is [CH2-]N(C(=O)C(CCC[Si](C)(CCC[Si](OC)(OC)OC)CCC[Si](OC)(OC)OC)CCC[Si](C)(CCC[Si](OC)(OC)OC)CCC[Si](OC)(OC)OC)C(CCC[Si](CCC[Si](OC)(OC)OC)(CCC[Si](OC)(OC)OC)CCC[Si](OC)(OC)OC)CCC[Si](CCC[Si](OC)(OC)OC)(CCC[Si](OC)(OC)OC)CCC[Si](OC)(OC)OC.[Rf]. The van der Waals surface area contributed by atoms with Crippen LogP contribution in [-0.2, 0) is 138 Å². The first-order chi connectivity index (χ1) is 59.1. The van der Waals surface area contributed by atoms with Crippen LogP contribution >= 0.6 is 0 Å². The third-order valence-corrected chi connectivity index (χ3v) is 76.7. The van der Waals surface area contributed by atoms with Gasteiger partial charge in [-0.25, -0.2) is 0 Å². The minimum atomic E-state index is -3.01. The van der Waals surface area contributed by atoms with Gasteiger partial charge in [-0.15, -0.1) is 0 Å². The molecule has 0 heterocycles. The zero-order chi connectivity index (χ0) is 94.2. The van der Waals surface area contributed by atoms with Crippen molar-refractivity contribution in [1.29, 1.82) is 0 Å². The second kappa shape index (κ2) is 66.7. The Hall–Kier alpha value is 0.306. The van der Waals surface area contributed by atoms with Gasteiger partial charge in [-0.3, -0.25) is 11.8 Å². The van der Waals surface area contributed by atoms with Crippen LogP contribution in [0.4, 0.5) is 0 Å². The van der Waals surface area contributed by atoms with Crippen molar-refractivity contribution in [3.8, 4) is 0 Å². The van der Waals surface area contributed by atoms with E-state index in [0.717, 1.165) is 187 Å². The van der Waals surface area contributed by atoms with E-state index >= 15 is 4.79 Å². The van der Waals surface area contributed by atoms with Crippen molar-refractivity contribution < 1.29 is 138 Å². The van der Waals surface area contributed by atoms with Crippen LogP contribution in [0.15, 0.2) is 0 Å². The van der Waals surface area contributed by atoms with Gasteiger partial charge in [-0.05, 0) is 25.7 Å². The maximum atomic E-state index is 16.9. The molecule has 1 amide bonds. The van der Waals surface area contributed by atoms with Crippen molar-refractivity contribution in [3.63, 3.8) is 0 Å². The number of carbonyl (C=O) groups excluding carboxylic acids is 1. The minimum Gasteiger partial charge on any atom is -0.493 e. The van der Waals surface area contributed by atoms with Gasteiger partial charge >= 0.3 is 88.0 Å². The molecule has 0 N–H and O–H groups in total. The van der Waals surface area contributed by atoms with E-state index in [-0.39, 0.29) is 17.9 Å². The Morgan fingerprint density at radius 1 is 0.200 bits per heavy atom. The van der Waals surface area contributed by atoms with Crippen LogP contribution in [0.5, 0.6) is 0 Å². The van der Waals surface area contributed by atoms with Gasteiger partial charge in [0.15, 0.2) is 5.91 Å². The largest absolute Gasteiger partial charge is 0.500 e. The minimum absolute atomic E-state index is 0. The topological polar surface area (TPSA) is 297 Å². The van der Waals surface area contributed by atoms with Gasteiger partial charge < -0.3 is 138 Å². The third-order valence-electron chi connectivity index (χ3n) is 27.8. The number of carbonyl (C=O) groups is 1. The van der Waals surface area contributed by atoms with Gasteiger partial charge in [-0.1, -0.05) is 188 Å². The number of hydrogen-bond donors (Lipinski definition) is 0. The van der Waals surface area contributed by atoms with Crippen LogP contribution in [0, 0.1) is 13.0 Å².